The van der Waals surface area contributed by atoms with Crippen LogP contribution in [0.5, 0.6) is 11.5 Å². The third-order valence-corrected chi connectivity index (χ3v) is 4.27. The number of hydrogen-bond acceptors (Lipinski definition) is 5. The molecule has 2 aliphatic rings. The van der Waals surface area contributed by atoms with Crippen molar-refractivity contribution in [2.24, 2.45) is 0 Å². The summed E-state index contributed by atoms with van der Waals surface area (Å²) in [6.07, 6.45) is 4.67. The first kappa shape index (κ1) is 14.4. The number of fused-ring (bicyclic) bond motifs is 1. The maximum absolute atomic E-state index is 12.5. The molecule has 114 valence electrons. The van der Waals surface area contributed by atoms with Gasteiger partial charge in [0, 0.05) is 18.2 Å². The van der Waals surface area contributed by atoms with Crippen LogP contribution in [0.3, 0.4) is 0 Å². The second kappa shape index (κ2) is 6.45. The summed E-state index contributed by atoms with van der Waals surface area (Å²) in [5.74, 6) is 1.39. The van der Waals surface area contributed by atoms with E-state index in [-0.39, 0.29) is 19.2 Å². The number of ketones is 1. The van der Waals surface area contributed by atoms with Crippen molar-refractivity contribution in [3.63, 3.8) is 0 Å². The van der Waals surface area contributed by atoms with Crippen LogP contribution in [0.25, 0.3) is 0 Å². The molecule has 0 bridgehead atoms. The molecular weight excluding hydrogens is 270 g/mol. The standard InChI is InChI=1S/C16H21NO4/c18-8-7-17(13-3-1-2-4-13)10-14(19)12-5-6-15-16(9-12)21-11-20-15/h5-6,9,13,18H,1-4,7-8,10-11H2. The Kier molecular flexibility index (Phi) is 4.41. The fourth-order valence-electron chi connectivity index (χ4n) is 3.13. The van der Waals surface area contributed by atoms with Crippen molar-refractivity contribution in [3.8, 4) is 11.5 Å². The summed E-state index contributed by atoms with van der Waals surface area (Å²) < 4.78 is 10.6. The van der Waals surface area contributed by atoms with E-state index in [9.17, 15) is 9.90 Å². The van der Waals surface area contributed by atoms with E-state index >= 15 is 0 Å². The van der Waals surface area contributed by atoms with Crippen molar-refractivity contribution in [1.29, 1.82) is 0 Å². The van der Waals surface area contributed by atoms with Crippen LogP contribution in [0, 0.1) is 0 Å². The highest BCUT2D eigenvalue weighted by atomic mass is 16.7. The van der Waals surface area contributed by atoms with E-state index in [1.165, 1.54) is 12.8 Å². The van der Waals surface area contributed by atoms with Gasteiger partial charge in [-0.05, 0) is 31.0 Å². The van der Waals surface area contributed by atoms with E-state index in [0.717, 1.165) is 12.8 Å². The number of hydrogen-bond donors (Lipinski definition) is 1. The van der Waals surface area contributed by atoms with Crippen molar-refractivity contribution in [2.45, 2.75) is 31.7 Å². The summed E-state index contributed by atoms with van der Waals surface area (Å²) in [5.41, 5.74) is 0.639. The zero-order valence-electron chi connectivity index (χ0n) is 12.1. The second-order valence-corrected chi connectivity index (χ2v) is 5.62. The molecule has 3 rings (SSSR count). The van der Waals surface area contributed by atoms with Gasteiger partial charge in [0.05, 0.1) is 13.2 Å². The van der Waals surface area contributed by atoms with Crippen molar-refractivity contribution >= 4 is 5.78 Å². The molecule has 0 saturated heterocycles. The summed E-state index contributed by atoms with van der Waals surface area (Å²) in [4.78, 5) is 14.6. The van der Waals surface area contributed by atoms with Gasteiger partial charge in [-0.2, -0.15) is 0 Å². The Morgan fingerprint density at radius 2 is 2.00 bits per heavy atom. The molecular formula is C16H21NO4. The van der Waals surface area contributed by atoms with Gasteiger partial charge in [0.1, 0.15) is 0 Å². The summed E-state index contributed by atoms with van der Waals surface area (Å²) in [5, 5.41) is 9.22. The number of ether oxygens (including phenoxy) is 2. The van der Waals surface area contributed by atoms with Gasteiger partial charge in [0.2, 0.25) is 6.79 Å². The Bertz CT molecular complexity index is 511. The number of carbonyl (C=O) groups excluding carboxylic acids is 1. The minimum absolute atomic E-state index is 0.0636. The monoisotopic (exact) mass is 291 g/mol. The maximum atomic E-state index is 12.5. The van der Waals surface area contributed by atoms with E-state index in [1.807, 2.05) is 0 Å². The Balaban J connectivity index is 1.68. The van der Waals surface area contributed by atoms with Gasteiger partial charge in [-0.15, -0.1) is 0 Å². The molecule has 5 nitrogen and oxygen atoms in total. The predicted octanol–water partition coefficient (Wildman–Crippen LogP) is 1.83. The lowest BCUT2D eigenvalue weighted by Gasteiger charge is -2.27. The van der Waals surface area contributed by atoms with Crippen LogP contribution in [-0.4, -0.2) is 48.3 Å². The number of carbonyl (C=O) groups is 1. The minimum Gasteiger partial charge on any atom is -0.454 e. The van der Waals surface area contributed by atoms with Crippen molar-refractivity contribution in [1.82, 2.24) is 4.90 Å². The molecule has 5 heteroatoms. The highest BCUT2D eigenvalue weighted by Gasteiger charge is 2.25. The number of nitrogens with zero attached hydrogens (tertiary/aromatic N) is 1. The molecule has 1 aromatic rings. The van der Waals surface area contributed by atoms with Crippen LogP contribution in [0.1, 0.15) is 36.0 Å². The van der Waals surface area contributed by atoms with Crippen LogP contribution in [0.4, 0.5) is 0 Å². The molecule has 0 atom stereocenters. The maximum Gasteiger partial charge on any atom is 0.231 e. The predicted molar refractivity (Wildman–Crippen MR) is 77.8 cm³/mol. The van der Waals surface area contributed by atoms with Crippen molar-refractivity contribution in [2.75, 3.05) is 26.5 Å². The summed E-state index contributed by atoms with van der Waals surface area (Å²) in [6.45, 7) is 1.21. The van der Waals surface area contributed by atoms with Gasteiger partial charge >= 0.3 is 0 Å². The van der Waals surface area contributed by atoms with Crippen molar-refractivity contribution in [3.05, 3.63) is 23.8 Å². The van der Waals surface area contributed by atoms with Gasteiger partial charge in [-0.25, -0.2) is 0 Å². The molecule has 1 N–H and O–H groups in total. The summed E-state index contributed by atoms with van der Waals surface area (Å²) in [7, 11) is 0. The smallest absolute Gasteiger partial charge is 0.231 e. The van der Waals surface area contributed by atoms with Crippen LogP contribution < -0.4 is 9.47 Å². The first-order valence-electron chi connectivity index (χ1n) is 7.55. The normalized spacial score (nSPS) is 17.6. The van der Waals surface area contributed by atoms with Crippen LogP contribution in [0.15, 0.2) is 18.2 Å². The zero-order valence-corrected chi connectivity index (χ0v) is 12.1. The minimum atomic E-state index is 0.0636. The zero-order chi connectivity index (χ0) is 14.7. The van der Waals surface area contributed by atoms with Gasteiger partial charge in [0.15, 0.2) is 17.3 Å². The Labute approximate surface area is 124 Å². The lowest BCUT2D eigenvalue weighted by atomic mass is 10.1. The largest absolute Gasteiger partial charge is 0.454 e. The molecule has 1 saturated carbocycles. The first-order valence-corrected chi connectivity index (χ1v) is 7.55. The fourth-order valence-corrected chi connectivity index (χ4v) is 3.13. The third kappa shape index (κ3) is 3.19. The molecule has 1 heterocycles. The quantitative estimate of drug-likeness (QED) is 0.810. The average molecular weight is 291 g/mol. The van der Waals surface area contributed by atoms with Gasteiger partial charge in [0.25, 0.3) is 0 Å². The van der Waals surface area contributed by atoms with E-state index in [2.05, 4.69) is 4.90 Å². The van der Waals surface area contributed by atoms with Gasteiger partial charge in [-0.1, -0.05) is 12.8 Å². The number of Topliss-reactive ketones (excluding diaryl/α,β-unsaturated/α-hetero) is 1. The molecule has 0 amide bonds. The molecule has 1 aromatic carbocycles. The Morgan fingerprint density at radius 3 is 2.76 bits per heavy atom. The molecule has 1 aliphatic carbocycles. The van der Waals surface area contributed by atoms with Gasteiger partial charge < -0.3 is 14.6 Å². The SMILES string of the molecule is O=C(CN(CCO)C1CCCC1)c1ccc2c(c1)OCO2. The molecule has 0 radical (unpaired) electrons. The molecule has 0 unspecified atom stereocenters. The highest BCUT2D eigenvalue weighted by molar-refractivity contribution is 5.98. The molecule has 0 aromatic heterocycles. The lowest BCUT2D eigenvalue weighted by molar-refractivity contribution is 0.0862. The van der Waals surface area contributed by atoms with Gasteiger partial charge in [-0.3, -0.25) is 9.69 Å². The van der Waals surface area contributed by atoms with Crippen molar-refractivity contribution < 1.29 is 19.4 Å². The van der Waals surface area contributed by atoms with E-state index in [0.29, 0.717) is 36.2 Å². The first-order chi connectivity index (χ1) is 10.3. The summed E-state index contributed by atoms with van der Waals surface area (Å²) in [6, 6.07) is 5.73. The topological polar surface area (TPSA) is 59.0 Å². The highest BCUT2D eigenvalue weighted by Crippen LogP contribution is 2.32. The fraction of sp³-hybridized carbons (Fsp3) is 0.562. The van der Waals surface area contributed by atoms with E-state index in [4.69, 9.17) is 9.47 Å². The molecule has 1 aliphatic heterocycles. The number of rotatable bonds is 6. The second-order valence-electron chi connectivity index (χ2n) is 5.62. The Morgan fingerprint density at radius 1 is 1.24 bits per heavy atom. The van der Waals surface area contributed by atoms with Crippen LogP contribution in [0.2, 0.25) is 0 Å². The van der Waals surface area contributed by atoms with E-state index in [1.54, 1.807) is 18.2 Å². The number of aliphatic hydroxyl groups is 1. The number of aliphatic hydroxyl groups excluding tert-OH is 1. The lowest BCUT2D eigenvalue weighted by Crippen LogP contribution is -2.39. The third-order valence-electron chi connectivity index (χ3n) is 4.27. The summed E-state index contributed by atoms with van der Waals surface area (Å²) >= 11 is 0. The Hall–Kier alpha value is -1.59. The molecule has 21 heavy (non-hydrogen) atoms. The van der Waals surface area contributed by atoms with Crippen LogP contribution >= 0.6 is 0 Å². The average Bonchev–Trinajstić information content (AvgIpc) is 3.17. The molecule has 0 spiro atoms. The number of benzene rings is 1. The van der Waals surface area contributed by atoms with E-state index < -0.39 is 0 Å². The molecule has 1 fully saturated rings. The van der Waals surface area contributed by atoms with Crippen LogP contribution in [-0.2, 0) is 0 Å².